The molecule has 29 heavy (non-hydrogen) atoms. The third-order valence-electron chi connectivity index (χ3n) is 4.63. The second-order valence-electron chi connectivity index (χ2n) is 6.85. The number of carbonyl (C=O) groups excluding carboxylic acids is 2. The molecule has 8 nitrogen and oxygen atoms in total. The number of amides is 3. The Kier molecular flexibility index (Phi) is 6.50. The van der Waals surface area contributed by atoms with E-state index >= 15 is 0 Å². The minimum Gasteiger partial charge on any atom is -0.335 e. The van der Waals surface area contributed by atoms with E-state index in [-0.39, 0.29) is 22.9 Å². The number of piperidine rings is 1. The van der Waals surface area contributed by atoms with Crippen LogP contribution in [0.1, 0.15) is 19.8 Å². The zero-order chi connectivity index (χ0) is 20.9. The van der Waals surface area contributed by atoms with Crippen molar-refractivity contribution in [1.29, 1.82) is 0 Å². The zero-order valence-electron chi connectivity index (χ0n) is 16.1. The molecule has 1 aliphatic heterocycles. The summed E-state index contributed by atoms with van der Waals surface area (Å²) < 4.78 is 27.1. The third-order valence-corrected chi connectivity index (χ3v) is 6.55. The highest BCUT2D eigenvalue weighted by Crippen LogP contribution is 2.22. The maximum Gasteiger partial charge on any atom is 0.319 e. The second-order valence-corrected chi connectivity index (χ2v) is 8.79. The minimum absolute atomic E-state index is 0.0905. The molecule has 1 saturated heterocycles. The lowest BCUT2D eigenvalue weighted by atomic mass is 10.1. The normalized spacial score (nSPS) is 15.5. The van der Waals surface area contributed by atoms with Crippen molar-refractivity contribution in [2.45, 2.75) is 30.7 Å². The van der Waals surface area contributed by atoms with Crippen LogP contribution in [0.4, 0.5) is 16.2 Å². The zero-order valence-corrected chi connectivity index (χ0v) is 16.9. The number of urea groups is 1. The first kappa shape index (κ1) is 20.8. The summed E-state index contributed by atoms with van der Waals surface area (Å²) in [5.41, 5.74) is 1.25. The fourth-order valence-electron chi connectivity index (χ4n) is 3.18. The van der Waals surface area contributed by atoms with Crippen LogP contribution in [0.2, 0.25) is 0 Å². The summed E-state index contributed by atoms with van der Waals surface area (Å²) in [5, 5.41) is 8.27. The highest BCUT2D eigenvalue weighted by Gasteiger charge is 2.30. The van der Waals surface area contributed by atoms with Crippen molar-refractivity contribution in [3.8, 4) is 0 Å². The first-order valence-electron chi connectivity index (χ1n) is 9.35. The summed E-state index contributed by atoms with van der Waals surface area (Å²) in [4.78, 5) is 23.4. The van der Waals surface area contributed by atoms with Crippen LogP contribution in [0.15, 0.2) is 59.5 Å². The van der Waals surface area contributed by atoms with Crippen molar-refractivity contribution in [1.82, 2.24) is 9.62 Å². The van der Waals surface area contributed by atoms with Gasteiger partial charge in [-0.2, -0.15) is 4.31 Å². The molecule has 3 amide bonds. The number of nitrogens with zero attached hydrogens (tertiary/aromatic N) is 1. The van der Waals surface area contributed by atoms with Gasteiger partial charge in [0.2, 0.25) is 15.9 Å². The lowest BCUT2D eigenvalue weighted by Crippen LogP contribution is -2.47. The topological polar surface area (TPSA) is 108 Å². The van der Waals surface area contributed by atoms with E-state index in [1.54, 1.807) is 24.3 Å². The molecule has 0 unspecified atom stereocenters. The van der Waals surface area contributed by atoms with E-state index in [4.69, 9.17) is 0 Å². The van der Waals surface area contributed by atoms with Gasteiger partial charge in [-0.05, 0) is 49.2 Å². The smallest absolute Gasteiger partial charge is 0.319 e. The Morgan fingerprint density at radius 2 is 1.48 bits per heavy atom. The molecule has 9 heteroatoms. The summed E-state index contributed by atoms with van der Waals surface area (Å²) in [6.45, 7) is 2.04. The molecule has 0 spiro atoms. The van der Waals surface area contributed by atoms with Gasteiger partial charge in [0, 0.05) is 37.4 Å². The Bertz CT molecular complexity index is 954. The van der Waals surface area contributed by atoms with Crippen molar-refractivity contribution < 1.29 is 18.0 Å². The molecule has 0 radical (unpaired) electrons. The molecule has 154 valence electrons. The lowest BCUT2D eigenvalue weighted by molar-refractivity contribution is -0.114. The Morgan fingerprint density at radius 1 is 0.897 bits per heavy atom. The van der Waals surface area contributed by atoms with Gasteiger partial charge < -0.3 is 16.0 Å². The SMILES string of the molecule is CC(=O)Nc1ccc(S(=O)(=O)N2CCC(NC(=O)Nc3ccccc3)CC2)cc1. The largest absolute Gasteiger partial charge is 0.335 e. The van der Waals surface area contributed by atoms with E-state index in [0.717, 1.165) is 0 Å². The first-order valence-corrected chi connectivity index (χ1v) is 10.8. The van der Waals surface area contributed by atoms with Crippen LogP contribution in [-0.2, 0) is 14.8 Å². The summed E-state index contributed by atoms with van der Waals surface area (Å²) in [5.74, 6) is -0.216. The molecular formula is C20H24N4O4S. The van der Waals surface area contributed by atoms with Crippen molar-refractivity contribution in [3.05, 3.63) is 54.6 Å². The summed E-state index contributed by atoms with van der Waals surface area (Å²) >= 11 is 0. The minimum atomic E-state index is -3.62. The monoisotopic (exact) mass is 416 g/mol. The quantitative estimate of drug-likeness (QED) is 0.696. The highest BCUT2D eigenvalue weighted by atomic mass is 32.2. The van der Waals surface area contributed by atoms with E-state index in [1.165, 1.54) is 23.4 Å². The standard InChI is InChI=1S/C20H24N4O4S/c1-15(25)21-17-7-9-19(10-8-17)29(27,28)24-13-11-18(12-14-24)23-20(26)22-16-5-3-2-4-6-16/h2-10,18H,11-14H2,1H3,(H,21,25)(H2,22,23,26). The van der Waals surface area contributed by atoms with Gasteiger partial charge in [-0.1, -0.05) is 18.2 Å². The highest BCUT2D eigenvalue weighted by molar-refractivity contribution is 7.89. The van der Waals surface area contributed by atoms with Crippen LogP contribution in [0.25, 0.3) is 0 Å². The fourth-order valence-corrected chi connectivity index (χ4v) is 4.65. The first-order chi connectivity index (χ1) is 13.8. The number of hydrogen-bond donors (Lipinski definition) is 3. The Labute approximate surface area is 170 Å². The number of sulfonamides is 1. The molecule has 1 aliphatic rings. The van der Waals surface area contributed by atoms with Gasteiger partial charge in [0.25, 0.3) is 0 Å². The molecule has 2 aromatic carbocycles. The predicted molar refractivity (Wildman–Crippen MR) is 111 cm³/mol. The number of carbonyl (C=O) groups is 2. The fraction of sp³-hybridized carbons (Fsp3) is 0.300. The van der Waals surface area contributed by atoms with Gasteiger partial charge in [0.15, 0.2) is 0 Å². The molecule has 0 bridgehead atoms. The molecule has 0 aliphatic carbocycles. The van der Waals surface area contributed by atoms with Gasteiger partial charge in [-0.25, -0.2) is 13.2 Å². The number of para-hydroxylation sites is 1. The van der Waals surface area contributed by atoms with E-state index in [9.17, 15) is 18.0 Å². The summed E-state index contributed by atoms with van der Waals surface area (Å²) in [6.07, 6.45) is 1.07. The van der Waals surface area contributed by atoms with Crippen LogP contribution in [-0.4, -0.2) is 43.8 Å². The molecule has 3 rings (SSSR count). The number of anilines is 2. The average Bonchev–Trinajstić information content (AvgIpc) is 2.69. The molecule has 2 aromatic rings. The Hall–Kier alpha value is -2.91. The van der Waals surface area contributed by atoms with Crippen LogP contribution in [0.5, 0.6) is 0 Å². The van der Waals surface area contributed by atoms with Gasteiger partial charge in [0.05, 0.1) is 4.90 Å². The molecule has 0 atom stereocenters. The molecule has 1 fully saturated rings. The van der Waals surface area contributed by atoms with Crippen molar-refractivity contribution >= 4 is 33.3 Å². The van der Waals surface area contributed by atoms with Crippen LogP contribution < -0.4 is 16.0 Å². The van der Waals surface area contributed by atoms with Crippen LogP contribution in [0.3, 0.4) is 0 Å². The van der Waals surface area contributed by atoms with Crippen molar-refractivity contribution in [3.63, 3.8) is 0 Å². The lowest BCUT2D eigenvalue weighted by Gasteiger charge is -2.31. The average molecular weight is 417 g/mol. The van der Waals surface area contributed by atoms with Gasteiger partial charge in [-0.3, -0.25) is 4.79 Å². The van der Waals surface area contributed by atoms with Crippen molar-refractivity contribution in [2.75, 3.05) is 23.7 Å². The summed E-state index contributed by atoms with van der Waals surface area (Å²) in [7, 11) is -3.62. The molecule has 0 saturated carbocycles. The molecular weight excluding hydrogens is 392 g/mol. The van der Waals surface area contributed by atoms with Crippen LogP contribution >= 0.6 is 0 Å². The maximum atomic E-state index is 12.8. The number of hydrogen-bond acceptors (Lipinski definition) is 4. The van der Waals surface area contributed by atoms with Crippen molar-refractivity contribution in [2.24, 2.45) is 0 Å². The predicted octanol–water partition coefficient (Wildman–Crippen LogP) is 2.62. The third kappa shape index (κ3) is 5.55. The molecule has 3 N–H and O–H groups in total. The number of rotatable bonds is 5. The summed E-state index contributed by atoms with van der Waals surface area (Å²) in [6, 6.07) is 14.8. The van der Waals surface area contributed by atoms with E-state index in [0.29, 0.717) is 37.3 Å². The van der Waals surface area contributed by atoms with Gasteiger partial charge in [-0.15, -0.1) is 0 Å². The maximum absolute atomic E-state index is 12.8. The Balaban J connectivity index is 1.54. The number of nitrogens with one attached hydrogen (secondary N) is 3. The Morgan fingerprint density at radius 3 is 2.07 bits per heavy atom. The molecule has 1 heterocycles. The molecule has 0 aromatic heterocycles. The van der Waals surface area contributed by atoms with Gasteiger partial charge >= 0.3 is 6.03 Å². The van der Waals surface area contributed by atoms with E-state index in [2.05, 4.69) is 16.0 Å². The van der Waals surface area contributed by atoms with Crippen LogP contribution in [0, 0.1) is 0 Å². The second kappa shape index (κ2) is 9.06. The number of benzene rings is 2. The van der Waals surface area contributed by atoms with E-state index in [1.807, 2.05) is 18.2 Å². The van der Waals surface area contributed by atoms with E-state index < -0.39 is 10.0 Å². The van der Waals surface area contributed by atoms with Gasteiger partial charge in [0.1, 0.15) is 0 Å².